The van der Waals surface area contributed by atoms with Gasteiger partial charge in [-0.05, 0) is 24.3 Å². The first-order chi connectivity index (χ1) is 9.16. The molecule has 0 saturated carbocycles. The molecule has 1 aromatic heterocycles. The molecule has 4 heteroatoms. The fourth-order valence-corrected chi connectivity index (χ4v) is 2.60. The molecular formula is C15H18FN3. The Morgan fingerprint density at radius 2 is 2.00 bits per heavy atom. The second-order valence-electron chi connectivity index (χ2n) is 5.26. The molecule has 1 aromatic carbocycles. The van der Waals surface area contributed by atoms with E-state index < -0.39 is 0 Å². The summed E-state index contributed by atoms with van der Waals surface area (Å²) in [6.07, 6.45) is 0.965. The maximum Gasteiger partial charge on any atom is 0.123 e. The van der Waals surface area contributed by atoms with E-state index >= 15 is 0 Å². The van der Waals surface area contributed by atoms with Crippen molar-refractivity contribution in [2.45, 2.75) is 32.7 Å². The molecule has 0 saturated heterocycles. The molecule has 2 aromatic rings. The summed E-state index contributed by atoms with van der Waals surface area (Å²) in [5.41, 5.74) is 3.38. The molecule has 0 fully saturated rings. The smallest absolute Gasteiger partial charge is 0.123 e. The highest BCUT2D eigenvalue weighted by molar-refractivity contribution is 5.39. The maximum absolute atomic E-state index is 13.1. The molecule has 1 aliphatic heterocycles. The number of nitrogens with zero attached hydrogens (tertiary/aromatic N) is 2. The van der Waals surface area contributed by atoms with E-state index in [9.17, 15) is 4.39 Å². The highest BCUT2D eigenvalue weighted by atomic mass is 19.1. The van der Waals surface area contributed by atoms with Crippen LogP contribution in [-0.4, -0.2) is 16.1 Å². The molecule has 0 amide bonds. The van der Waals surface area contributed by atoms with Crippen molar-refractivity contribution in [3.63, 3.8) is 0 Å². The van der Waals surface area contributed by atoms with Crippen molar-refractivity contribution in [3.05, 3.63) is 47.3 Å². The summed E-state index contributed by atoms with van der Waals surface area (Å²) in [5, 5.41) is 3.35. The minimum Gasteiger partial charge on any atom is -0.311 e. The van der Waals surface area contributed by atoms with Crippen LogP contribution < -0.4 is 5.32 Å². The maximum atomic E-state index is 13.1. The van der Waals surface area contributed by atoms with Crippen LogP contribution in [0.3, 0.4) is 0 Å². The Labute approximate surface area is 112 Å². The lowest BCUT2D eigenvalue weighted by Crippen LogP contribution is -2.24. The normalized spacial score (nSPS) is 14.7. The Hall–Kier alpha value is -1.68. The van der Waals surface area contributed by atoms with Crippen molar-refractivity contribution in [2.75, 3.05) is 6.54 Å². The molecule has 100 valence electrons. The average molecular weight is 259 g/mol. The fourth-order valence-electron chi connectivity index (χ4n) is 2.60. The molecule has 0 spiro atoms. The van der Waals surface area contributed by atoms with Crippen molar-refractivity contribution in [1.82, 2.24) is 14.9 Å². The minimum atomic E-state index is -0.203. The van der Waals surface area contributed by atoms with Gasteiger partial charge in [0.25, 0.3) is 0 Å². The van der Waals surface area contributed by atoms with Crippen LogP contribution in [0, 0.1) is 5.82 Å². The molecule has 1 N–H and O–H groups in total. The average Bonchev–Trinajstić information content (AvgIpc) is 2.79. The van der Waals surface area contributed by atoms with Gasteiger partial charge in [-0.2, -0.15) is 0 Å². The van der Waals surface area contributed by atoms with Gasteiger partial charge in [-0.15, -0.1) is 0 Å². The van der Waals surface area contributed by atoms with Crippen LogP contribution in [0.1, 0.15) is 37.0 Å². The summed E-state index contributed by atoms with van der Waals surface area (Å²) in [6, 6.07) is 6.66. The second kappa shape index (κ2) is 4.78. The lowest BCUT2D eigenvalue weighted by atomic mass is 10.1. The van der Waals surface area contributed by atoms with Crippen molar-refractivity contribution in [2.24, 2.45) is 0 Å². The molecule has 0 bridgehead atoms. The predicted octanol–water partition coefficient (Wildman–Crippen LogP) is 2.78. The first kappa shape index (κ1) is 12.4. The van der Waals surface area contributed by atoms with Crippen LogP contribution in [0.15, 0.2) is 24.3 Å². The Morgan fingerprint density at radius 3 is 2.68 bits per heavy atom. The van der Waals surface area contributed by atoms with E-state index in [4.69, 9.17) is 4.98 Å². The minimum absolute atomic E-state index is 0.203. The van der Waals surface area contributed by atoms with E-state index in [1.165, 1.54) is 17.8 Å². The number of hydrogen-bond donors (Lipinski definition) is 1. The van der Waals surface area contributed by atoms with E-state index in [1.54, 1.807) is 0 Å². The highest BCUT2D eigenvalue weighted by Crippen LogP contribution is 2.26. The molecular weight excluding hydrogens is 241 g/mol. The number of imidazole rings is 1. The first-order valence-electron chi connectivity index (χ1n) is 6.74. The van der Waals surface area contributed by atoms with Crippen LogP contribution in [0.5, 0.6) is 0 Å². The van der Waals surface area contributed by atoms with Gasteiger partial charge in [0.2, 0.25) is 0 Å². The van der Waals surface area contributed by atoms with Crippen molar-refractivity contribution in [3.8, 4) is 5.69 Å². The number of nitrogens with one attached hydrogen (secondary N) is 1. The van der Waals surface area contributed by atoms with E-state index in [-0.39, 0.29) is 5.82 Å². The Bertz CT molecular complexity index is 584. The number of benzene rings is 1. The number of halogens is 1. The van der Waals surface area contributed by atoms with Crippen LogP contribution in [0.25, 0.3) is 5.69 Å². The quantitative estimate of drug-likeness (QED) is 0.898. The largest absolute Gasteiger partial charge is 0.311 e. The zero-order chi connectivity index (χ0) is 13.4. The Kier molecular flexibility index (Phi) is 3.11. The second-order valence-corrected chi connectivity index (χ2v) is 5.26. The van der Waals surface area contributed by atoms with Crippen molar-refractivity contribution >= 4 is 0 Å². The summed E-state index contributed by atoms with van der Waals surface area (Å²) in [4.78, 5) is 4.76. The van der Waals surface area contributed by atoms with Gasteiger partial charge in [0, 0.05) is 36.8 Å². The van der Waals surface area contributed by atoms with Gasteiger partial charge in [0.1, 0.15) is 11.6 Å². The first-order valence-corrected chi connectivity index (χ1v) is 6.74. The molecule has 0 radical (unpaired) electrons. The highest BCUT2D eigenvalue weighted by Gasteiger charge is 2.22. The molecule has 0 unspecified atom stereocenters. The van der Waals surface area contributed by atoms with E-state index in [2.05, 4.69) is 23.7 Å². The van der Waals surface area contributed by atoms with Gasteiger partial charge in [0.15, 0.2) is 0 Å². The van der Waals surface area contributed by atoms with Crippen molar-refractivity contribution in [1.29, 1.82) is 0 Å². The van der Waals surface area contributed by atoms with Crippen molar-refractivity contribution < 1.29 is 4.39 Å². The van der Waals surface area contributed by atoms with Gasteiger partial charge in [-0.1, -0.05) is 13.8 Å². The van der Waals surface area contributed by atoms with E-state index in [0.717, 1.165) is 36.7 Å². The number of rotatable bonds is 2. The van der Waals surface area contributed by atoms with E-state index in [0.29, 0.717) is 5.92 Å². The third kappa shape index (κ3) is 2.16. The zero-order valence-corrected chi connectivity index (χ0v) is 11.3. The SMILES string of the molecule is CC(C)c1nc2c(n1-c1ccc(F)cc1)CCNC2. The van der Waals surface area contributed by atoms with Gasteiger partial charge >= 0.3 is 0 Å². The van der Waals surface area contributed by atoms with Crippen LogP contribution in [0.2, 0.25) is 0 Å². The van der Waals surface area contributed by atoms with Gasteiger partial charge in [-0.3, -0.25) is 0 Å². The summed E-state index contributed by atoms with van der Waals surface area (Å²) in [7, 11) is 0. The standard InChI is InChI=1S/C15H18FN3/c1-10(2)15-18-13-9-17-8-7-14(13)19(15)12-5-3-11(16)4-6-12/h3-6,10,17H,7-9H2,1-2H3. The molecule has 0 atom stereocenters. The topological polar surface area (TPSA) is 29.9 Å². The monoisotopic (exact) mass is 259 g/mol. The lowest BCUT2D eigenvalue weighted by Gasteiger charge is -2.17. The van der Waals surface area contributed by atoms with Crippen LogP contribution in [-0.2, 0) is 13.0 Å². The van der Waals surface area contributed by atoms with Crippen LogP contribution >= 0.6 is 0 Å². The molecule has 19 heavy (non-hydrogen) atoms. The number of hydrogen-bond acceptors (Lipinski definition) is 2. The summed E-state index contributed by atoms with van der Waals surface area (Å²) in [6.45, 7) is 6.07. The van der Waals surface area contributed by atoms with Crippen LogP contribution in [0.4, 0.5) is 4.39 Å². The number of aromatic nitrogens is 2. The lowest BCUT2D eigenvalue weighted by molar-refractivity contribution is 0.617. The third-order valence-electron chi connectivity index (χ3n) is 3.51. The molecule has 2 heterocycles. The summed E-state index contributed by atoms with van der Waals surface area (Å²) in [5.74, 6) is 1.20. The van der Waals surface area contributed by atoms with Gasteiger partial charge in [0.05, 0.1) is 5.69 Å². The number of fused-ring (bicyclic) bond motifs is 1. The van der Waals surface area contributed by atoms with Gasteiger partial charge in [-0.25, -0.2) is 9.37 Å². The molecule has 3 rings (SSSR count). The Balaban J connectivity index is 2.17. The Morgan fingerprint density at radius 1 is 1.26 bits per heavy atom. The molecule has 0 aliphatic carbocycles. The fraction of sp³-hybridized carbons (Fsp3) is 0.400. The zero-order valence-electron chi connectivity index (χ0n) is 11.3. The van der Waals surface area contributed by atoms with E-state index in [1.807, 2.05) is 12.1 Å². The van der Waals surface area contributed by atoms with Gasteiger partial charge < -0.3 is 9.88 Å². The molecule has 3 nitrogen and oxygen atoms in total. The summed E-state index contributed by atoms with van der Waals surface area (Å²) < 4.78 is 15.3. The summed E-state index contributed by atoms with van der Waals surface area (Å²) >= 11 is 0. The predicted molar refractivity (Wildman–Crippen MR) is 73.0 cm³/mol. The third-order valence-corrected chi connectivity index (χ3v) is 3.51. The molecule has 1 aliphatic rings.